The zero-order chi connectivity index (χ0) is 10.1. The molecule has 0 saturated heterocycles. The van der Waals surface area contributed by atoms with Crippen molar-refractivity contribution in [3.8, 4) is 11.3 Å². The Kier molecular flexibility index (Phi) is 2.13. The summed E-state index contributed by atoms with van der Waals surface area (Å²) in [7, 11) is 1.83. The Morgan fingerprint density at radius 3 is 2.64 bits per heavy atom. The van der Waals surface area contributed by atoms with Crippen LogP contribution in [0.3, 0.4) is 0 Å². The molecule has 2 N–H and O–H groups in total. The van der Waals surface area contributed by atoms with Crippen molar-refractivity contribution in [1.29, 1.82) is 0 Å². The van der Waals surface area contributed by atoms with Crippen LogP contribution in [0.1, 0.15) is 0 Å². The molecule has 0 bridgehead atoms. The monoisotopic (exact) mass is 208 g/mol. The predicted molar refractivity (Wildman–Crippen MR) is 55.9 cm³/mol. The van der Waals surface area contributed by atoms with Crippen molar-refractivity contribution in [3.05, 3.63) is 29.5 Å². The van der Waals surface area contributed by atoms with E-state index in [1.54, 1.807) is 23.1 Å². The molecule has 0 aromatic carbocycles. The van der Waals surface area contributed by atoms with Gasteiger partial charge < -0.3 is 5.73 Å². The van der Waals surface area contributed by atoms with Crippen LogP contribution in [0.5, 0.6) is 0 Å². The summed E-state index contributed by atoms with van der Waals surface area (Å²) in [4.78, 5) is 4.00. The average molecular weight is 209 g/mol. The van der Waals surface area contributed by atoms with Gasteiger partial charge in [-0.3, -0.25) is 4.68 Å². The minimum absolute atomic E-state index is 0.493. The highest BCUT2D eigenvalue weighted by Crippen LogP contribution is 2.26. The number of pyridine rings is 1. The number of hydrogen-bond acceptors (Lipinski definition) is 3. The summed E-state index contributed by atoms with van der Waals surface area (Å²) in [5.74, 6) is 0.493. The first kappa shape index (κ1) is 9.02. The van der Waals surface area contributed by atoms with E-state index in [2.05, 4.69) is 10.1 Å². The highest BCUT2D eigenvalue weighted by molar-refractivity contribution is 6.33. The molecule has 0 saturated carbocycles. The topological polar surface area (TPSA) is 56.7 Å². The molecule has 0 spiro atoms. The number of hydrogen-bond donors (Lipinski definition) is 1. The van der Waals surface area contributed by atoms with E-state index in [1.807, 2.05) is 13.1 Å². The van der Waals surface area contributed by atoms with E-state index >= 15 is 0 Å². The van der Waals surface area contributed by atoms with Crippen LogP contribution in [0.4, 0.5) is 5.82 Å². The molecule has 0 radical (unpaired) electrons. The van der Waals surface area contributed by atoms with Crippen LogP contribution in [0.25, 0.3) is 11.3 Å². The fraction of sp³-hybridized carbons (Fsp3) is 0.111. The van der Waals surface area contributed by atoms with Crippen LogP contribution in [0.2, 0.25) is 5.02 Å². The molecular formula is C9H9ClN4. The molecule has 2 heterocycles. The Morgan fingerprint density at radius 1 is 1.36 bits per heavy atom. The Morgan fingerprint density at radius 2 is 2.14 bits per heavy atom. The molecule has 0 fully saturated rings. The van der Waals surface area contributed by atoms with Gasteiger partial charge in [-0.2, -0.15) is 5.10 Å². The lowest BCUT2D eigenvalue weighted by Crippen LogP contribution is -1.95. The third kappa shape index (κ3) is 1.44. The normalized spacial score (nSPS) is 10.4. The Bertz CT molecular complexity index is 427. The molecule has 2 aromatic heterocycles. The van der Waals surface area contributed by atoms with Crippen LogP contribution >= 0.6 is 11.6 Å². The maximum absolute atomic E-state index is 5.98. The summed E-state index contributed by atoms with van der Waals surface area (Å²) in [5.41, 5.74) is 7.24. The van der Waals surface area contributed by atoms with E-state index in [4.69, 9.17) is 17.3 Å². The Balaban J connectivity index is 2.54. The molecule has 0 atom stereocenters. The standard InChI is InChI=1S/C9H9ClN4/c1-14-9(7(10)5-13-14)6-2-3-8(11)12-4-6/h2-5H,1H3,(H2,11,12). The van der Waals surface area contributed by atoms with Gasteiger partial charge in [-0.1, -0.05) is 11.6 Å². The maximum Gasteiger partial charge on any atom is 0.123 e. The fourth-order valence-electron chi connectivity index (χ4n) is 1.28. The van der Waals surface area contributed by atoms with Gasteiger partial charge in [0, 0.05) is 18.8 Å². The van der Waals surface area contributed by atoms with E-state index in [9.17, 15) is 0 Å². The van der Waals surface area contributed by atoms with E-state index in [-0.39, 0.29) is 0 Å². The number of anilines is 1. The van der Waals surface area contributed by atoms with Crippen LogP contribution in [-0.4, -0.2) is 14.8 Å². The second-order valence-corrected chi connectivity index (χ2v) is 3.34. The molecular weight excluding hydrogens is 200 g/mol. The van der Waals surface area contributed by atoms with Crippen molar-refractivity contribution in [2.45, 2.75) is 0 Å². The summed E-state index contributed by atoms with van der Waals surface area (Å²) in [6, 6.07) is 3.60. The third-order valence-electron chi connectivity index (χ3n) is 1.95. The number of halogens is 1. The molecule has 72 valence electrons. The van der Waals surface area contributed by atoms with E-state index in [0.717, 1.165) is 11.3 Å². The van der Waals surface area contributed by atoms with Crippen LogP contribution < -0.4 is 5.73 Å². The van der Waals surface area contributed by atoms with E-state index < -0.39 is 0 Å². The number of nitrogens with two attached hydrogens (primary N) is 1. The SMILES string of the molecule is Cn1ncc(Cl)c1-c1ccc(N)nc1. The van der Waals surface area contributed by atoms with Gasteiger partial charge in [-0.05, 0) is 12.1 Å². The largest absolute Gasteiger partial charge is 0.384 e. The van der Waals surface area contributed by atoms with Crippen molar-refractivity contribution < 1.29 is 0 Å². The van der Waals surface area contributed by atoms with E-state index in [1.165, 1.54) is 0 Å². The lowest BCUT2D eigenvalue weighted by atomic mass is 10.2. The van der Waals surface area contributed by atoms with Gasteiger partial charge >= 0.3 is 0 Å². The summed E-state index contributed by atoms with van der Waals surface area (Å²) in [6.45, 7) is 0. The highest BCUT2D eigenvalue weighted by Gasteiger charge is 2.08. The lowest BCUT2D eigenvalue weighted by molar-refractivity contribution is 0.775. The number of aryl methyl sites for hydroxylation is 1. The van der Waals surface area contributed by atoms with Gasteiger partial charge in [-0.15, -0.1) is 0 Å². The first-order valence-corrected chi connectivity index (χ1v) is 4.45. The quantitative estimate of drug-likeness (QED) is 0.777. The van der Waals surface area contributed by atoms with Crippen molar-refractivity contribution in [1.82, 2.24) is 14.8 Å². The highest BCUT2D eigenvalue weighted by atomic mass is 35.5. The zero-order valence-electron chi connectivity index (χ0n) is 7.61. The molecule has 0 unspecified atom stereocenters. The van der Waals surface area contributed by atoms with Crippen LogP contribution in [0, 0.1) is 0 Å². The van der Waals surface area contributed by atoms with Gasteiger partial charge in [0.1, 0.15) is 5.82 Å². The lowest BCUT2D eigenvalue weighted by Gasteiger charge is -2.02. The average Bonchev–Trinajstić information content (AvgIpc) is 2.49. The summed E-state index contributed by atoms with van der Waals surface area (Å²) in [6.07, 6.45) is 3.28. The van der Waals surface area contributed by atoms with Crippen molar-refractivity contribution in [3.63, 3.8) is 0 Å². The number of nitrogens with zero attached hydrogens (tertiary/aromatic N) is 3. The van der Waals surface area contributed by atoms with Crippen LogP contribution in [0.15, 0.2) is 24.5 Å². The summed E-state index contributed by atoms with van der Waals surface area (Å²) >= 11 is 5.98. The minimum atomic E-state index is 0.493. The molecule has 2 rings (SSSR count). The van der Waals surface area contributed by atoms with Gasteiger partial charge in [-0.25, -0.2) is 4.98 Å². The second-order valence-electron chi connectivity index (χ2n) is 2.94. The molecule has 2 aromatic rings. The number of rotatable bonds is 1. The molecule has 0 aliphatic carbocycles. The summed E-state index contributed by atoms with van der Waals surface area (Å²) < 4.78 is 1.70. The van der Waals surface area contributed by atoms with Crippen LogP contribution in [-0.2, 0) is 7.05 Å². The molecule has 5 heteroatoms. The molecule has 0 aliphatic rings. The van der Waals surface area contributed by atoms with Gasteiger partial charge in [0.15, 0.2) is 0 Å². The predicted octanol–water partition coefficient (Wildman–Crippen LogP) is 1.72. The van der Waals surface area contributed by atoms with Crippen molar-refractivity contribution in [2.75, 3.05) is 5.73 Å². The molecule has 4 nitrogen and oxygen atoms in total. The van der Waals surface area contributed by atoms with Gasteiger partial charge in [0.25, 0.3) is 0 Å². The zero-order valence-corrected chi connectivity index (χ0v) is 8.36. The van der Waals surface area contributed by atoms with Crippen molar-refractivity contribution in [2.24, 2.45) is 7.05 Å². The molecule has 14 heavy (non-hydrogen) atoms. The number of nitrogen functional groups attached to an aromatic ring is 1. The van der Waals surface area contributed by atoms with Crippen molar-refractivity contribution >= 4 is 17.4 Å². The Labute approximate surface area is 86.3 Å². The fourth-order valence-corrected chi connectivity index (χ4v) is 1.56. The smallest absolute Gasteiger partial charge is 0.123 e. The molecule has 0 amide bonds. The van der Waals surface area contributed by atoms with E-state index in [0.29, 0.717) is 10.8 Å². The first-order valence-electron chi connectivity index (χ1n) is 4.08. The molecule has 0 aliphatic heterocycles. The number of aromatic nitrogens is 3. The van der Waals surface area contributed by atoms with Gasteiger partial charge in [0.2, 0.25) is 0 Å². The second kappa shape index (κ2) is 3.31. The third-order valence-corrected chi connectivity index (χ3v) is 2.23. The first-order chi connectivity index (χ1) is 6.68. The van der Waals surface area contributed by atoms with Gasteiger partial charge in [0.05, 0.1) is 16.9 Å². The summed E-state index contributed by atoms with van der Waals surface area (Å²) in [5, 5.41) is 4.65. The Hall–Kier alpha value is -1.55. The minimum Gasteiger partial charge on any atom is -0.384 e. The maximum atomic E-state index is 5.98.